The molecule has 7 nitrogen and oxygen atoms in total. The zero-order chi connectivity index (χ0) is 24.1. The fourth-order valence-corrected chi connectivity index (χ4v) is 4.92. The van der Waals surface area contributed by atoms with Crippen LogP contribution in [-0.4, -0.2) is 44.9 Å². The summed E-state index contributed by atoms with van der Waals surface area (Å²) in [6.07, 6.45) is 0. The van der Waals surface area contributed by atoms with Crippen LogP contribution in [0.3, 0.4) is 0 Å². The van der Waals surface area contributed by atoms with Crippen LogP contribution < -0.4 is 10.1 Å². The highest BCUT2D eigenvalue weighted by atomic mass is 32.2. The lowest BCUT2D eigenvalue weighted by Gasteiger charge is -2.26. The van der Waals surface area contributed by atoms with Crippen molar-refractivity contribution in [2.24, 2.45) is 0 Å². The Morgan fingerprint density at radius 2 is 1.71 bits per heavy atom. The third kappa shape index (κ3) is 5.41. The number of benzene rings is 3. The predicted octanol–water partition coefficient (Wildman–Crippen LogP) is 3.82. The fraction of sp³-hybridized carbons (Fsp3) is 0.208. The van der Waals surface area contributed by atoms with Crippen molar-refractivity contribution in [2.45, 2.75) is 11.5 Å². The molecule has 0 atom stereocenters. The van der Waals surface area contributed by atoms with E-state index < -0.39 is 26.6 Å². The predicted molar refractivity (Wildman–Crippen MR) is 121 cm³/mol. The Morgan fingerprint density at radius 3 is 2.44 bits per heavy atom. The average Bonchev–Trinajstić information content (AvgIpc) is 2.85. The number of carbonyl (C=O) groups is 1. The molecule has 178 valence electrons. The second-order valence-corrected chi connectivity index (χ2v) is 9.43. The molecular formula is C24H22F2N2O5S. The number of halogens is 2. The molecule has 1 heterocycles. The van der Waals surface area contributed by atoms with E-state index in [1.54, 1.807) is 36.4 Å². The molecule has 1 aliphatic heterocycles. The second kappa shape index (κ2) is 10.3. The maximum atomic E-state index is 14.4. The van der Waals surface area contributed by atoms with E-state index in [9.17, 15) is 22.0 Å². The third-order valence-electron chi connectivity index (χ3n) is 5.22. The second-order valence-electron chi connectivity index (χ2n) is 7.53. The Kier molecular flexibility index (Phi) is 7.20. The molecule has 3 aromatic carbocycles. The summed E-state index contributed by atoms with van der Waals surface area (Å²) in [5.74, 6) is -1.55. The number of ether oxygens (including phenoxy) is 2. The van der Waals surface area contributed by atoms with Crippen LogP contribution >= 0.6 is 0 Å². The first-order valence-electron chi connectivity index (χ1n) is 10.5. The van der Waals surface area contributed by atoms with Gasteiger partial charge >= 0.3 is 0 Å². The molecule has 4 rings (SSSR count). The van der Waals surface area contributed by atoms with Gasteiger partial charge < -0.3 is 14.8 Å². The lowest BCUT2D eigenvalue weighted by molar-refractivity contribution is 0.0729. The molecule has 0 aromatic heterocycles. The standard InChI is InChI=1S/C24H22F2N2O5S/c25-18-7-5-17(6-8-18)16-33-22-4-2-1-3-20(22)24(29)27-19-9-10-21(26)23(15-19)34(30,31)28-11-13-32-14-12-28/h1-10,15H,11-14,16H2,(H,27,29). The van der Waals surface area contributed by atoms with Gasteiger partial charge in [0.15, 0.2) is 0 Å². The highest BCUT2D eigenvalue weighted by Gasteiger charge is 2.29. The number of hydrogen-bond donors (Lipinski definition) is 1. The van der Waals surface area contributed by atoms with Gasteiger partial charge in [0.1, 0.15) is 28.9 Å². The number of sulfonamides is 1. The zero-order valence-corrected chi connectivity index (χ0v) is 18.9. The first-order chi connectivity index (χ1) is 16.3. The SMILES string of the molecule is O=C(Nc1ccc(F)c(S(=O)(=O)N2CCOCC2)c1)c1ccccc1OCc1ccc(F)cc1. The van der Waals surface area contributed by atoms with Crippen LogP contribution in [0.25, 0.3) is 0 Å². The number of morpholine rings is 1. The van der Waals surface area contributed by atoms with E-state index in [-0.39, 0.29) is 55.7 Å². The molecule has 0 saturated carbocycles. The molecule has 1 amide bonds. The highest BCUT2D eigenvalue weighted by molar-refractivity contribution is 7.89. The van der Waals surface area contributed by atoms with E-state index in [1.165, 1.54) is 18.2 Å². The number of hydrogen-bond acceptors (Lipinski definition) is 5. The maximum absolute atomic E-state index is 14.4. The third-order valence-corrected chi connectivity index (χ3v) is 7.13. The molecule has 1 fully saturated rings. The molecule has 10 heteroatoms. The number of amides is 1. The normalized spacial score (nSPS) is 14.5. The van der Waals surface area contributed by atoms with Crippen LogP contribution in [0.2, 0.25) is 0 Å². The summed E-state index contributed by atoms with van der Waals surface area (Å²) >= 11 is 0. The maximum Gasteiger partial charge on any atom is 0.259 e. The number of rotatable bonds is 7. The zero-order valence-electron chi connectivity index (χ0n) is 18.0. The number of nitrogens with one attached hydrogen (secondary N) is 1. The molecule has 34 heavy (non-hydrogen) atoms. The minimum absolute atomic E-state index is 0.114. The topological polar surface area (TPSA) is 84.9 Å². The van der Waals surface area contributed by atoms with Crippen molar-refractivity contribution in [1.82, 2.24) is 4.31 Å². The molecule has 0 bridgehead atoms. The molecule has 0 aliphatic carbocycles. The first-order valence-corrected chi connectivity index (χ1v) is 11.9. The van der Waals surface area contributed by atoms with Gasteiger partial charge in [0, 0.05) is 18.8 Å². The summed E-state index contributed by atoms with van der Waals surface area (Å²) in [5.41, 5.74) is 1.03. The molecule has 0 spiro atoms. The van der Waals surface area contributed by atoms with E-state index in [2.05, 4.69) is 5.32 Å². The first kappa shape index (κ1) is 23.8. The van der Waals surface area contributed by atoms with Gasteiger partial charge in [-0.3, -0.25) is 4.79 Å². The highest BCUT2D eigenvalue weighted by Crippen LogP contribution is 2.26. The van der Waals surface area contributed by atoms with Crippen molar-refractivity contribution in [1.29, 1.82) is 0 Å². The molecule has 1 aliphatic rings. The molecule has 1 saturated heterocycles. The van der Waals surface area contributed by atoms with E-state index in [0.717, 1.165) is 16.4 Å². The minimum atomic E-state index is -4.09. The molecule has 1 N–H and O–H groups in total. The number of nitrogens with zero attached hydrogens (tertiary/aromatic N) is 1. The van der Waals surface area contributed by atoms with Crippen molar-refractivity contribution in [2.75, 3.05) is 31.6 Å². The van der Waals surface area contributed by atoms with Crippen molar-refractivity contribution in [3.63, 3.8) is 0 Å². The summed E-state index contributed by atoms with van der Waals surface area (Å²) < 4.78 is 65.4. The number of carbonyl (C=O) groups excluding carboxylic acids is 1. The van der Waals surface area contributed by atoms with E-state index in [4.69, 9.17) is 9.47 Å². The van der Waals surface area contributed by atoms with Crippen LogP contribution in [0, 0.1) is 11.6 Å². The minimum Gasteiger partial charge on any atom is -0.488 e. The van der Waals surface area contributed by atoms with Crippen molar-refractivity contribution in [3.8, 4) is 5.75 Å². The molecule has 0 radical (unpaired) electrons. The van der Waals surface area contributed by atoms with E-state index in [1.807, 2.05) is 0 Å². The monoisotopic (exact) mass is 488 g/mol. The fourth-order valence-electron chi connectivity index (χ4n) is 3.43. The Morgan fingerprint density at radius 1 is 1.00 bits per heavy atom. The van der Waals surface area contributed by atoms with Crippen LogP contribution in [0.1, 0.15) is 15.9 Å². The molecule has 3 aromatic rings. The summed E-state index contributed by atoms with van der Waals surface area (Å²) in [6, 6.07) is 15.7. The van der Waals surface area contributed by atoms with Crippen molar-refractivity contribution < 1.29 is 31.5 Å². The molecule has 0 unspecified atom stereocenters. The van der Waals surface area contributed by atoms with Gasteiger partial charge in [0.2, 0.25) is 10.0 Å². The summed E-state index contributed by atoms with van der Waals surface area (Å²) in [5, 5.41) is 2.60. The quantitative estimate of drug-likeness (QED) is 0.547. The van der Waals surface area contributed by atoms with E-state index in [0.29, 0.717) is 5.56 Å². The number of anilines is 1. The van der Waals surface area contributed by atoms with Crippen LogP contribution in [0.15, 0.2) is 71.6 Å². The summed E-state index contributed by atoms with van der Waals surface area (Å²) in [6.45, 7) is 0.815. The summed E-state index contributed by atoms with van der Waals surface area (Å²) in [7, 11) is -4.09. The molecular weight excluding hydrogens is 466 g/mol. The van der Waals surface area contributed by atoms with Crippen molar-refractivity contribution in [3.05, 3.63) is 89.5 Å². The Balaban J connectivity index is 1.52. The number of para-hydroxylation sites is 1. The van der Waals surface area contributed by atoms with Gasteiger partial charge in [-0.25, -0.2) is 17.2 Å². The average molecular weight is 489 g/mol. The van der Waals surface area contributed by atoms with Crippen molar-refractivity contribution >= 4 is 21.6 Å². The lowest BCUT2D eigenvalue weighted by atomic mass is 10.1. The van der Waals surface area contributed by atoms with Gasteiger partial charge in [0.05, 0.1) is 18.8 Å². The Labute approximate surface area is 196 Å². The van der Waals surface area contributed by atoms with Crippen LogP contribution in [-0.2, 0) is 21.4 Å². The Bertz CT molecular complexity index is 1280. The Hall–Kier alpha value is -3.34. The largest absolute Gasteiger partial charge is 0.488 e. The van der Waals surface area contributed by atoms with Crippen LogP contribution in [0.4, 0.5) is 14.5 Å². The van der Waals surface area contributed by atoms with Gasteiger partial charge in [0.25, 0.3) is 5.91 Å². The van der Waals surface area contributed by atoms with Gasteiger partial charge in [-0.05, 0) is 48.0 Å². The summed E-state index contributed by atoms with van der Waals surface area (Å²) in [4.78, 5) is 12.4. The lowest BCUT2D eigenvalue weighted by Crippen LogP contribution is -2.40. The van der Waals surface area contributed by atoms with Crippen LogP contribution in [0.5, 0.6) is 5.75 Å². The van der Waals surface area contributed by atoms with E-state index >= 15 is 0 Å². The van der Waals surface area contributed by atoms with Gasteiger partial charge in [-0.1, -0.05) is 24.3 Å². The van der Waals surface area contributed by atoms with Gasteiger partial charge in [-0.2, -0.15) is 4.31 Å². The smallest absolute Gasteiger partial charge is 0.259 e. The van der Waals surface area contributed by atoms with Gasteiger partial charge in [-0.15, -0.1) is 0 Å².